The van der Waals surface area contributed by atoms with Gasteiger partial charge >= 0.3 is 6.61 Å². The molecule has 4 heterocycles. The second kappa shape index (κ2) is 16.4. The molecule has 258 valence electrons. The molecule has 0 radical (unpaired) electrons. The molecule has 0 spiro atoms. The summed E-state index contributed by atoms with van der Waals surface area (Å²) < 4.78 is 50.2. The Labute approximate surface area is 281 Å². The van der Waals surface area contributed by atoms with E-state index < -0.39 is 6.61 Å². The lowest BCUT2D eigenvalue weighted by atomic mass is 9.90. The summed E-state index contributed by atoms with van der Waals surface area (Å²) >= 11 is 6.43. The molecule has 2 aliphatic rings. The van der Waals surface area contributed by atoms with Gasteiger partial charge in [-0.05, 0) is 60.7 Å². The molecule has 3 aromatic heterocycles. The first-order chi connectivity index (χ1) is 23.4. The molecular weight excluding hydrogens is 650 g/mol. The van der Waals surface area contributed by atoms with E-state index in [1.54, 1.807) is 23.1 Å². The van der Waals surface area contributed by atoms with Crippen LogP contribution in [-0.4, -0.2) is 103 Å². The van der Waals surface area contributed by atoms with Crippen LogP contribution in [0.3, 0.4) is 0 Å². The Bertz CT molecular complexity index is 1570. The molecule has 6 rings (SSSR count). The topological polar surface area (TPSA) is 139 Å². The molecule has 4 aromatic rings. The monoisotopic (exact) mass is 688 g/mol. The highest BCUT2D eigenvalue weighted by Gasteiger charge is 2.29. The molecule has 0 amide bonds. The quantitative estimate of drug-likeness (QED) is 0.168. The molecule has 48 heavy (non-hydrogen) atoms. The Balaban J connectivity index is 1.11. The van der Waals surface area contributed by atoms with Crippen LogP contribution in [0.2, 0.25) is 5.02 Å². The Morgan fingerprint density at radius 3 is 2.54 bits per heavy atom. The Hall–Kier alpha value is -3.99. The van der Waals surface area contributed by atoms with Gasteiger partial charge in [0.2, 0.25) is 5.95 Å². The molecule has 1 saturated carbocycles. The number of nitrogens with zero attached hydrogens (tertiary/aromatic N) is 9. The van der Waals surface area contributed by atoms with Gasteiger partial charge in [0.15, 0.2) is 0 Å². The van der Waals surface area contributed by atoms with E-state index in [4.69, 9.17) is 30.9 Å². The fourth-order valence-corrected chi connectivity index (χ4v) is 6.16. The number of morpholine rings is 1. The molecule has 1 aliphatic carbocycles. The Morgan fingerprint density at radius 2 is 1.81 bits per heavy atom. The van der Waals surface area contributed by atoms with Crippen LogP contribution in [0.25, 0.3) is 11.1 Å². The maximum absolute atomic E-state index is 12.4. The van der Waals surface area contributed by atoms with Crippen molar-refractivity contribution in [3.8, 4) is 22.8 Å². The molecule has 1 aliphatic heterocycles. The summed E-state index contributed by atoms with van der Waals surface area (Å²) in [6.45, 7) is 3.13. The van der Waals surface area contributed by atoms with Gasteiger partial charge in [-0.15, -0.1) is 10.2 Å². The minimum absolute atomic E-state index is 0.118. The van der Waals surface area contributed by atoms with Crippen LogP contribution in [0.5, 0.6) is 11.6 Å². The van der Waals surface area contributed by atoms with E-state index >= 15 is 0 Å². The van der Waals surface area contributed by atoms with E-state index in [9.17, 15) is 8.78 Å². The smallest absolute Gasteiger partial charge is 0.345 e. The maximum atomic E-state index is 12.4. The molecule has 1 saturated heterocycles. The zero-order valence-corrected chi connectivity index (χ0v) is 27.4. The molecule has 2 fully saturated rings. The lowest BCUT2D eigenvalue weighted by Crippen LogP contribution is -2.45. The molecule has 14 nitrogen and oxygen atoms in total. The van der Waals surface area contributed by atoms with Gasteiger partial charge in [0.1, 0.15) is 23.9 Å². The van der Waals surface area contributed by atoms with Gasteiger partial charge in [0, 0.05) is 43.5 Å². The van der Waals surface area contributed by atoms with Crippen molar-refractivity contribution < 1.29 is 27.7 Å². The van der Waals surface area contributed by atoms with Crippen LogP contribution >= 0.6 is 11.6 Å². The van der Waals surface area contributed by atoms with Gasteiger partial charge < -0.3 is 24.3 Å². The van der Waals surface area contributed by atoms with Gasteiger partial charge in [0.25, 0.3) is 5.88 Å². The Kier molecular flexibility index (Phi) is 11.6. The van der Waals surface area contributed by atoms with E-state index in [-0.39, 0.29) is 31.8 Å². The molecule has 1 N–H and O–H groups in total. The zero-order valence-electron chi connectivity index (χ0n) is 26.6. The Morgan fingerprint density at radius 1 is 1.04 bits per heavy atom. The van der Waals surface area contributed by atoms with Gasteiger partial charge in [-0.25, -0.2) is 14.6 Å². The number of aromatic nitrogens is 8. The third-order valence-electron chi connectivity index (χ3n) is 8.40. The van der Waals surface area contributed by atoms with Crippen LogP contribution in [0.4, 0.5) is 20.4 Å². The molecule has 0 bridgehead atoms. The van der Waals surface area contributed by atoms with Gasteiger partial charge in [-0.2, -0.15) is 8.78 Å². The average molecular weight is 689 g/mol. The number of rotatable bonds is 15. The molecule has 1 aromatic carbocycles. The summed E-state index contributed by atoms with van der Waals surface area (Å²) in [7, 11) is 0. The summed E-state index contributed by atoms with van der Waals surface area (Å²) in [5.41, 5.74) is 2.18. The summed E-state index contributed by atoms with van der Waals surface area (Å²) in [4.78, 5) is 11.6. The first-order valence-electron chi connectivity index (χ1n) is 16.1. The number of tetrazole rings is 1. The van der Waals surface area contributed by atoms with Gasteiger partial charge in [-0.3, -0.25) is 9.58 Å². The SMILES string of the molecule is C[C@@H](Cn1cnnn1)Oc1cc(-c2cnc(Nc3cn([C@H]4CC[C@H](N5CCOCC5)CC4)nc3OCCCOC(F)F)nc2)ccc1Cl. The number of alkyl halides is 2. The van der Waals surface area contributed by atoms with Gasteiger partial charge in [0.05, 0.1) is 50.2 Å². The molecular formula is C31H39ClF2N10O4. The molecule has 1 atom stereocenters. The highest BCUT2D eigenvalue weighted by molar-refractivity contribution is 6.32. The molecule has 17 heteroatoms. The standard InChI is InChI=1S/C31H39ClF2N10O4/c1-21(18-43-20-37-40-41-43)48-28-15-22(3-8-26(28)32)23-16-35-31(36-17-23)38-27-19-44(39-29(27)46-11-2-12-47-30(33)34)25-6-4-24(5-7-25)42-9-13-45-14-10-42/h3,8,15-17,19-21,24-25,30H,2,4-7,9-14,18H2,1H3,(H,35,36,38)/t21-,24-,25-/m0/s1. The van der Waals surface area contributed by atoms with Crippen molar-refractivity contribution in [1.82, 2.24) is 44.9 Å². The van der Waals surface area contributed by atoms with Crippen LogP contribution in [0, 0.1) is 0 Å². The van der Waals surface area contributed by atoms with Crippen LogP contribution in [0.1, 0.15) is 45.1 Å². The lowest BCUT2D eigenvalue weighted by molar-refractivity contribution is -0.130. The van der Waals surface area contributed by atoms with E-state index in [1.165, 1.54) is 6.33 Å². The second-order valence-corrected chi connectivity index (χ2v) is 12.2. The van der Waals surface area contributed by atoms with Crippen molar-refractivity contribution >= 4 is 23.2 Å². The summed E-state index contributed by atoms with van der Waals surface area (Å²) in [6, 6.07) is 6.24. The third-order valence-corrected chi connectivity index (χ3v) is 8.71. The minimum Gasteiger partial charge on any atom is -0.487 e. The number of hydrogen-bond acceptors (Lipinski definition) is 12. The van der Waals surface area contributed by atoms with Crippen molar-refractivity contribution in [2.45, 2.75) is 70.4 Å². The second-order valence-electron chi connectivity index (χ2n) is 11.8. The predicted molar refractivity (Wildman–Crippen MR) is 172 cm³/mol. The maximum Gasteiger partial charge on any atom is 0.345 e. The first-order valence-corrected chi connectivity index (χ1v) is 16.5. The number of hydrogen-bond donors (Lipinski definition) is 1. The summed E-state index contributed by atoms with van der Waals surface area (Å²) in [5, 5.41) is 19.6. The van der Waals surface area contributed by atoms with E-state index in [0.717, 1.165) is 63.1 Å². The van der Waals surface area contributed by atoms with Crippen molar-refractivity contribution in [2.75, 3.05) is 44.8 Å². The zero-order chi connectivity index (χ0) is 33.3. The van der Waals surface area contributed by atoms with E-state index in [1.807, 2.05) is 29.9 Å². The van der Waals surface area contributed by atoms with Crippen LogP contribution < -0.4 is 14.8 Å². The molecule has 0 unspecified atom stereocenters. The van der Waals surface area contributed by atoms with E-state index in [2.05, 4.69) is 40.4 Å². The minimum atomic E-state index is -2.81. The van der Waals surface area contributed by atoms with Crippen molar-refractivity contribution in [2.24, 2.45) is 0 Å². The predicted octanol–water partition coefficient (Wildman–Crippen LogP) is 5.02. The number of nitrogens with one attached hydrogen (secondary N) is 1. The number of anilines is 2. The van der Waals surface area contributed by atoms with Crippen molar-refractivity contribution in [3.63, 3.8) is 0 Å². The highest BCUT2D eigenvalue weighted by Crippen LogP contribution is 2.35. The summed E-state index contributed by atoms with van der Waals surface area (Å²) in [5.74, 6) is 1.22. The normalized spacial score (nSPS) is 19.4. The summed E-state index contributed by atoms with van der Waals surface area (Å²) in [6.07, 6.45) is 11.0. The largest absolute Gasteiger partial charge is 0.487 e. The third kappa shape index (κ3) is 9.12. The van der Waals surface area contributed by atoms with E-state index in [0.29, 0.717) is 40.9 Å². The highest BCUT2D eigenvalue weighted by atomic mass is 35.5. The van der Waals surface area contributed by atoms with Crippen LogP contribution in [0.15, 0.2) is 43.1 Å². The average Bonchev–Trinajstić information content (AvgIpc) is 3.76. The van der Waals surface area contributed by atoms with Crippen LogP contribution in [-0.2, 0) is 16.0 Å². The number of halogens is 3. The number of ether oxygens (including phenoxy) is 4. The number of benzene rings is 1. The van der Waals surface area contributed by atoms with Gasteiger partial charge in [-0.1, -0.05) is 17.7 Å². The lowest BCUT2D eigenvalue weighted by Gasteiger charge is -2.38. The fourth-order valence-electron chi connectivity index (χ4n) is 6.00. The fraction of sp³-hybridized carbons (Fsp3) is 0.548. The first kappa shape index (κ1) is 33.9. The van der Waals surface area contributed by atoms with Crippen molar-refractivity contribution in [3.05, 3.63) is 48.1 Å². The van der Waals surface area contributed by atoms with Crippen molar-refractivity contribution in [1.29, 1.82) is 0 Å².